The van der Waals surface area contributed by atoms with Crippen LogP contribution >= 0.6 is 11.3 Å². The van der Waals surface area contributed by atoms with E-state index >= 15 is 0 Å². The average Bonchev–Trinajstić information content (AvgIpc) is 3.03. The molecule has 88 valence electrons. The first-order chi connectivity index (χ1) is 8.33. The molecule has 0 spiro atoms. The van der Waals surface area contributed by atoms with Crippen LogP contribution in [-0.2, 0) is 6.54 Å². The lowest BCUT2D eigenvalue weighted by molar-refractivity contribution is 0.580. The van der Waals surface area contributed by atoms with Crippen molar-refractivity contribution in [3.8, 4) is 0 Å². The topological polar surface area (TPSA) is 16.1 Å². The highest BCUT2D eigenvalue weighted by Gasteiger charge is 2.30. The standard InChI is InChI=1S/C13H13FN2S/c14-12-4-1-5-13(15-12)16(10-6-7-10)9-11-3-2-8-17-11/h1-5,8,10H,6-7,9H2. The van der Waals surface area contributed by atoms with E-state index in [9.17, 15) is 4.39 Å². The van der Waals surface area contributed by atoms with Crippen LogP contribution in [0.15, 0.2) is 35.7 Å². The fraction of sp³-hybridized carbons (Fsp3) is 0.308. The molecular formula is C13H13FN2S. The molecule has 0 aliphatic heterocycles. The monoisotopic (exact) mass is 248 g/mol. The number of hydrogen-bond donors (Lipinski definition) is 0. The predicted octanol–water partition coefficient (Wildman–Crippen LogP) is 3.45. The molecule has 3 rings (SSSR count). The molecule has 0 unspecified atom stereocenters. The minimum Gasteiger partial charge on any atom is -0.348 e. The van der Waals surface area contributed by atoms with Gasteiger partial charge in [0.25, 0.3) is 0 Å². The molecule has 1 saturated carbocycles. The van der Waals surface area contributed by atoms with Gasteiger partial charge in [0.1, 0.15) is 5.82 Å². The molecule has 0 saturated heterocycles. The number of halogens is 1. The minimum atomic E-state index is -0.403. The van der Waals surface area contributed by atoms with Crippen LogP contribution in [0.5, 0.6) is 0 Å². The molecule has 1 aliphatic carbocycles. The Morgan fingerprint density at radius 1 is 1.29 bits per heavy atom. The largest absolute Gasteiger partial charge is 0.348 e. The summed E-state index contributed by atoms with van der Waals surface area (Å²) in [6.45, 7) is 0.832. The molecule has 1 aliphatic rings. The summed E-state index contributed by atoms with van der Waals surface area (Å²) in [5.74, 6) is 0.347. The fourth-order valence-electron chi connectivity index (χ4n) is 1.91. The van der Waals surface area contributed by atoms with E-state index in [1.807, 2.05) is 12.1 Å². The van der Waals surface area contributed by atoms with Gasteiger partial charge in [-0.3, -0.25) is 0 Å². The Labute approximate surface area is 104 Å². The third kappa shape index (κ3) is 2.47. The van der Waals surface area contributed by atoms with Crippen LogP contribution in [0.2, 0.25) is 0 Å². The molecule has 0 radical (unpaired) electrons. The summed E-state index contributed by atoms with van der Waals surface area (Å²) in [6.07, 6.45) is 2.37. The number of nitrogens with zero attached hydrogens (tertiary/aromatic N) is 2. The number of anilines is 1. The van der Waals surface area contributed by atoms with Crippen molar-refractivity contribution >= 4 is 17.2 Å². The van der Waals surface area contributed by atoms with Gasteiger partial charge in [-0.05, 0) is 36.4 Å². The van der Waals surface area contributed by atoms with Gasteiger partial charge in [0.2, 0.25) is 5.95 Å². The number of hydrogen-bond acceptors (Lipinski definition) is 3. The van der Waals surface area contributed by atoms with Crippen molar-refractivity contribution < 1.29 is 4.39 Å². The highest BCUT2D eigenvalue weighted by atomic mass is 32.1. The van der Waals surface area contributed by atoms with Gasteiger partial charge in [-0.15, -0.1) is 11.3 Å². The van der Waals surface area contributed by atoms with Crippen molar-refractivity contribution in [2.24, 2.45) is 0 Å². The summed E-state index contributed by atoms with van der Waals surface area (Å²) in [5, 5.41) is 2.07. The molecule has 0 amide bonds. The van der Waals surface area contributed by atoms with E-state index in [1.165, 1.54) is 23.8 Å². The van der Waals surface area contributed by atoms with Crippen LogP contribution in [0.25, 0.3) is 0 Å². The zero-order valence-corrected chi connectivity index (χ0v) is 10.2. The lowest BCUT2D eigenvalue weighted by Crippen LogP contribution is -2.25. The van der Waals surface area contributed by atoms with Crippen molar-refractivity contribution in [1.82, 2.24) is 4.98 Å². The second kappa shape index (κ2) is 4.45. The summed E-state index contributed by atoms with van der Waals surface area (Å²) in [4.78, 5) is 7.48. The van der Waals surface area contributed by atoms with E-state index in [2.05, 4.69) is 21.3 Å². The minimum absolute atomic E-state index is 0.403. The van der Waals surface area contributed by atoms with Crippen molar-refractivity contribution in [2.75, 3.05) is 4.90 Å². The molecule has 0 bridgehead atoms. The van der Waals surface area contributed by atoms with Crippen LogP contribution in [-0.4, -0.2) is 11.0 Å². The van der Waals surface area contributed by atoms with E-state index < -0.39 is 5.95 Å². The Bertz CT molecular complexity index is 494. The zero-order valence-electron chi connectivity index (χ0n) is 9.34. The van der Waals surface area contributed by atoms with Crippen LogP contribution in [0.3, 0.4) is 0 Å². The lowest BCUT2D eigenvalue weighted by Gasteiger charge is -2.22. The normalized spacial score (nSPS) is 14.9. The summed E-state index contributed by atoms with van der Waals surface area (Å²) >= 11 is 1.73. The molecule has 4 heteroatoms. The summed E-state index contributed by atoms with van der Waals surface area (Å²) < 4.78 is 13.2. The predicted molar refractivity (Wildman–Crippen MR) is 67.7 cm³/mol. The quantitative estimate of drug-likeness (QED) is 0.770. The van der Waals surface area contributed by atoms with E-state index in [4.69, 9.17) is 0 Å². The first kappa shape index (κ1) is 10.7. The van der Waals surface area contributed by atoms with Gasteiger partial charge in [-0.25, -0.2) is 4.98 Å². The fourth-order valence-corrected chi connectivity index (χ4v) is 2.61. The summed E-state index contributed by atoms with van der Waals surface area (Å²) in [6, 6.07) is 9.69. The first-order valence-electron chi connectivity index (χ1n) is 5.74. The third-order valence-corrected chi connectivity index (χ3v) is 3.75. The van der Waals surface area contributed by atoms with Crippen LogP contribution in [0.4, 0.5) is 10.2 Å². The van der Waals surface area contributed by atoms with Gasteiger partial charge in [0.05, 0.1) is 6.54 Å². The maximum atomic E-state index is 13.2. The smallest absolute Gasteiger partial charge is 0.214 e. The Morgan fingerprint density at radius 2 is 2.18 bits per heavy atom. The average molecular weight is 248 g/mol. The molecule has 0 N–H and O–H groups in total. The maximum absolute atomic E-state index is 13.2. The number of thiophene rings is 1. The van der Waals surface area contributed by atoms with Gasteiger partial charge >= 0.3 is 0 Å². The van der Waals surface area contributed by atoms with Gasteiger partial charge < -0.3 is 4.90 Å². The number of pyridine rings is 1. The van der Waals surface area contributed by atoms with Crippen molar-refractivity contribution in [3.05, 3.63) is 46.5 Å². The first-order valence-corrected chi connectivity index (χ1v) is 6.62. The number of aromatic nitrogens is 1. The Kier molecular flexibility index (Phi) is 2.81. The van der Waals surface area contributed by atoms with Crippen molar-refractivity contribution in [3.63, 3.8) is 0 Å². The molecule has 0 aromatic carbocycles. The summed E-state index contributed by atoms with van der Waals surface area (Å²) in [7, 11) is 0. The molecular weight excluding hydrogens is 235 g/mol. The lowest BCUT2D eigenvalue weighted by atomic mass is 10.3. The number of rotatable bonds is 4. The van der Waals surface area contributed by atoms with Crippen molar-refractivity contribution in [2.45, 2.75) is 25.4 Å². The molecule has 0 atom stereocenters. The van der Waals surface area contributed by atoms with Gasteiger partial charge in [0.15, 0.2) is 0 Å². The SMILES string of the molecule is Fc1cccc(N(Cc2cccs2)C2CC2)n1. The van der Waals surface area contributed by atoms with E-state index in [1.54, 1.807) is 17.4 Å². The highest BCUT2D eigenvalue weighted by Crippen LogP contribution is 2.32. The summed E-state index contributed by atoms with van der Waals surface area (Å²) in [5.41, 5.74) is 0. The Balaban J connectivity index is 1.85. The van der Waals surface area contributed by atoms with E-state index in [0.29, 0.717) is 6.04 Å². The molecule has 2 heterocycles. The van der Waals surface area contributed by atoms with Gasteiger partial charge in [0, 0.05) is 10.9 Å². The van der Waals surface area contributed by atoms with E-state index in [0.717, 1.165) is 12.4 Å². The van der Waals surface area contributed by atoms with Crippen LogP contribution in [0.1, 0.15) is 17.7 Å². The zero-order chi connectivity index (χ0) is 11.7. The second-order valence-electron chi connectivity index (χ2n) is 4.26. The molecule has 2 nitrogen and oxygen atoms in total. The maximum Gasteiger partial charge on any atom is 0.214 e. The molecule has 2 aromatic rings. The highest BCUT2D eigenvalue weighted by molar-refractivity contribution is 7.09. The van der Waals surface area contributed by atoms with Gasteiger partial charge in [-0.2, -0.15) is 4.39 Å². The van der Waals surface area contributed by atoms with Gasteiger partial charge in [-0.1, -0.05) is 12.1 Å². The third-order valence-electron chi connectivity index (χ3n) is 2.89. The Morgan fingerprint density at radius 3 is 2.82 bits per heavy atom. The van der Waals surface area contributed by atoms with Crippen molar-refractivity contribution in [1.29, 1.82) is 0 Å². The second-order valence-corrected chi connectivity index (χ2v) is 5.29. The van der Waals surface area contributed by atoms with E-state index in [-0.39, 0.29) is 0 Å². The Hall–Kier alpha value is -1.42. The van der Waals surface area contributed by atoms with Crippen LogP contribution in [0, 0.1) is 5.95 Å². The molecule has 17 heavy (non-hydrogen) atoms. The molecule has 2 aromatic heterocycles. The molecule has 1 fully saturated rings. The van der Waals surface area contributed by atoms with Crippen LogP contribution < -0.4 is 4.90 Å².